The smallest absolute Gasteiger partial charge is 0.453 e. The Kier molecular flexibility index (Phi) is 6.80. The molecule has 4 aromatic rings. The number of fused-ring (bicyclic) bond motifs is 3. The first-order chi connectivity index (χ1) is 17.8. The van der Waals surface area contributed by atoms with Crippen LogP contribution in [-0.4, -0.2) is 25.3 Å². The SMILES string of the molecule is COc1cccc(Oc2c(C(F)(F)F)oc3c4c(ccc3c2=O)OCN(CCCc2ccccc2)C4)c1. The van der Waals surface area contributed by atoms with E-state index in [9.17, 15) is 18.0 Å². The van der Waals surface area contributed by atoms with Gasteiger partial charge in [0, 0.05) is 19.2 Å². The molecule has 0 bridgehead atoms. The molecule has 1 aliphatic heterocycles. The minimum atomic E-state index is -4.96. The second-order valence-corrected chi connectivity index (χ2v) is 8.70. The first-order valence-electron chi connectivity index (χ1n) is 11.7. The van der Waals surface area contributed by atoms with Gasteiger partial charge in [-0.05, 0) is 42.7 Å². The fraction of sp³-hybridized carbons (Fsp3) is 0.250. The van der Waals surface area contributed by atoms with E-state index >= 15 is 0 Å². The molecule has 0 amide bonds. The van der Waals surface area contributed by atoms with Crippen molar-refractivity contribution >= 4 is 11.0 Å². The lowest BCUT2D eigenvalue weighted by Crippen LogP contribution is -2.33. The second-order valence-electron chi connectivity index (χ2n) is 8.70. The first-order valence-corrected chi connectivity index (χ1v) is 11.7. The van der Waals surface area contributed by atoms with E-state index in [1.54, 1.807) is 18.2 Å². The molecule has 0 radical (unpaired) electrons. The van der Waals surface area contributed by atoms with Gasteiger partial charge in [-0.1, -0.05) is 36.4 Å². The van der Waals surface area contributed by atoms with Crippen LogP contribution in [0, 0.1) is 0 Å². The highest BCUT2D eigenvalue weighted by atomic mass is 19.4. The lowest BCUT2D eigenvalue weighted by Gasteiger charge is -2.29. The molecule has 0 atom stereocenters. The van der Waals surface area contributed by atoms with Crippen molar-refractivity contribution in [3.05, 3.63) is 93.8 Å². The lowest BCUT2D eigenvalue weighted by molar-refractivity contribution is -0.154. The normalized spacial score (nSPS) is 13.7. The maximum Gasteiger partial charge on any atom is 0.453 e. The Morgan fingerprint density at radius 2 is 1.78 bits per heavy atom. The van der Waals surface area contributed by atoms with E-state index in [1.807, 2.05) is 35.2 Å². The zero-order chi connectivity index (χ0) is 26.0. The van der Waals surface area contributed by atoms with Crippen LogP contribution >= 0.6 is 0 Å². The predicted molar refractivity (Wildman–Crippen MR) is 131 cm³/mol. The van der Waals surface area contributed by atoms with Crippen molar-refractivity contribution in [1.82, 2.24) is 4.90 Å². The van der Waals surface area contributed by atoms with Crippen molar-refractivity contribution < 1.29 is 31.8 Å². The molecular formula is C28H24F3NO5. The van der Waals surface area contributed by atoms with Gasteiger partial charge in [0.2, 0.25) is 11.2 Å². The molecule has 1 aromatic heterocycles. The molecule has 0 N–H and O–H groups in total. The fourth-order valence-electron chi connectivity index (χ4n) is 4.35. The quantitative estimate of drug-likeness (QED) is 0.286. The summed E-state index contributed by atoms with van der Waals surface area (Å²) in [4.78, 5) is 15.3. The number of methoxy groups -OCH3 is 1. The van der Waals surface area contributed by atoms with Gasteiger partial charge in [-0.25, -0.2) is 0 Å². The van der Waals surface area contributed by atoms with E-state index in [0.29, 0.717) is 30.3 Å². The number of benzene rings is 3. The van der Waals surface area contributed by atoms with Gasteiger partial charge in [-0.2, -0.15) is 13.2 Å². The fourth-order valence-corrected chi connectivity index (χ4v) is 4.35. The highest BCUT2D eigenvalue weighted by Crippen LogP contribution is 2.41. The van der Waals surface area contributed by atoms with Gasteiger partial charge in [0.15, 0.2) is 0 Å². The average molecular weight is 511 g/mol. The van der Waals surface area contributed by atoms with E-state index in [0.717, 1.165) is 12.8 Å². The van der Waals surface area contributed by atoms with E-state index in [-0.39, 0.29) is 23.3 Å². The first kappa shape index (κ1) is 24.7. The minimum Gasteiger partial charge on any atom is -0.497 e. The van der Waals surface area contributed by atoms with Crippen molar-refractivity contribution in [1.29, 1.82) is 0 Å². The molecule has 0 aliphatic carbocycles. The summed E-state index contributed by atoms with van der Waals surface area (Å²) in [6.07, 6.45) is -3.27. The Bertz CT molecular complexity index is 1470. The van der Waals surface area contributed by atoms with Crippen LogP contribution in [-0.2, 0) is 19.1 Å². The summed E-state index contributed by atoms with van der Waals surface area (Å²) in [5, 5.41) is -0.0145. The maximum atomic E-state index is 14.1. The molecule has 0 saturated carbocycles. The number of nitrogens with zero attached hydrogens (tertiary/aromatic N) is 1. The maximum absolute atomic E-state index is 14.1. The molecule has 192 valence electrons. The highest BCUT2D eigenvalue weighted by Gasteiger charge is 2.41. The van der Waals surface area contributed by atoms with Crippen LogP contribution in [0.5, 0.6) is 23.0 Å². The number of aryl methyl sites for hydroxylation is 1. The highest BCUT2D eigenvalue weighted by molar-refractivity contribution is 5.84. The molecule has 3 aromatic carbocycles. The largest absolute Gasteiger partial charge is 0.497 e. The number of rotatable bonds is 7. The van der Waals surface area contributed by atoms with Crippen LogP contribution in [0.1, 0.15) is 23.3 Å². The van der Waals surface area contributed by atoms with Crippen LogP contribution in [0.25, 0.3) is 11.0 Å². The van der Waals surface area contributed by atoms with Crippen LogP contribution in [0.3, 0.4) is 0 Å². The monoisotopic (exact) mass is 511 g/mol. The molecule has 0 saturated heterocycles. The van der Waals surface area contributed by atoms with Crippen molar-refractivity contribution in [2.75, 3.05) is 20.4 Å². The number of halogens is 3. The summed E-state index contributed by atoms with van der Waals surface area (Å²) in [6.45, 7) is 1.25. The molecule has 0 fully saturated rings. The zero-order valence-corrected chi connectivity index (χ0v) is 20.0. The van der Waals surface area contributed by atoms with Gasteiger partial charge in [0.25, 0.3) is 5.76 Å². The van der Waals surface area contributed by atoms with Crippen LogP contribution in [0.4, 0.5) is 13.2 Å². The Hall–Kier alpha value is -3.98. The molecule has 1 aliphatic rings. The van der Waals surface area contributed by atoms with Crippen LogP contribution in [0.2, 0.25) is 0 Å². The summed E-state index contributed by atoms with van der Waals surface area (Å²) in [5.41, 5.74) is 0.538. The van der Waals surface area contributed by atoms with Gasteiger partial charge >= 0.3 is 6.18 Å². The Labute approximate surface area is 210 Å². The molecule has 6 nitrogen and oxygen atoms in total. The second kappa shape index (κ2) is 10.2. The van der Waals surface area contributed by atoms with Crippen molar-refractivity contribution in [2.45, 2.75) is 25.6 Å². The van der Waals surface area contributed by atoms with Gasteiger partial charge in [0.1, 0.15) is 29.6 Å². The van der Waals surface area contributed by atoms with Crippen molar-refractivity contribution in [2.24, 2.45) is 0 Å². The molecular weight excluding hydrogens is 487 g/mol. The van der Waals surface area contributed by atoms with Crippen molar-refractivity contribution in [3.8, 4) is 23.0 Å². The number of hydrogen-bond acceptors (Lipinski definition) is 6. The van der Waals surface area contributed by atoms with E-state index in [2.05, 4.69) is 0 Å². The van der Waals surface area contributed by atoms with E-state index in [4.69, 9.17) is 18.6 Å². The van der Waals surface area contributed by atoms with Crippen LogP contribution < -0.4 is 19.6 Å². The van der Waals surface area contributed by atoms with E-state index < -0.39 is 23.1 Å². The van der Waals surface area contributed by atoms with Gasteiger partial charge in [0.05, 0.1) is 18.1 Å². The number of hydrogen-bond donors (Lipinski definition) is 0. The Morgan fingerprint density at radius 1 is 1.00 bits per heavy atom. The Morgan fingerprint density at radius 3 is 2.54 bits per heavy atom. The van der Waals surface area contributed by atoms with Gasteiger partial charge < -0.3 is 18.6 Å². The minimum absolute atomic E-state index is 0.0145. The van der Waals surface area contributed by atoms with Gasteiger partial charge in [-0.15, -0.1) is 0 Å². The average Bonchev–Trinajstić information content (AvgIpc) is 2.90. The van der Waals surface area contributed by atoms with Gasteiger partial charge in [-0.3, -0.25) is 9.69 Å². The molecule has 37 heavy (non-hydrogen) atoms. The topological polar surface area (TPSA) is 61.1 Å². The zero-order valence-electron chi connectivity index (χ0n) is 20.0. The molecule has 0 unspecified atom stereocenters. The summed E-state index contributed by atoms with van der Waals surface area (Å²) in [7, 11) is 1.42. The van der Waals surface area contributed by atoms with Crippen molar-refractivity contribution in [3.63, 3.8) is 0 Å². The van der Waals surface area contributed by atoms with Crippen LogP contribution in [0.15, 0.2) is 75.9 Å². The summed E-state index contributed by atoms with van der Waals surface area (Å²) in [6, 6.07) is 19.0. The van der Waals surface area contributed by atoms with E-state index in [1.165, 1.54) is 30.9 Å². The third-order valence-electron chi connectivity index (χ3n) is 6.16. The summed E-state index contributed by atoms with van der Waals surface area (Å²) in [5.74, 6) is -1.64. The number of alkyl halides is 3. The standard InChI is InChI=1S/C28H24F3NO5/c1-34-19-10-5-11-20(15-19)36-26-24(33)21-12-13-23-22(25(21)37-27(26)28(29,30)31)16-32(17-35-23)14-6-9-18-7-3-2-4-8-18/h2-5,7-8,10-13,15H,6,9,14,16-17H2,1H3. The molecule has 0 spiro atoms. The number of ether oxygens (including phenoxy) is 3. The molecule has 9 heteroatoms. The third-order valence-corrected chi connectivity index (χ3v) is 6.16. The molecule has 2 heterocycles. The lowest BCUT2D eigenvalue weighted by atomic mass is 10.1. The Balaban J connectivity index is 1.48. The third kappa shape index (κ3) is 5.27. The predicted octanol–water partition coefficient (Wildman–Crippen LogP) is 6.40. The molecule has 5 rings (SSSR count). The summed E-state index contributed by atoms with van der Waals surface area (Å²) < 4.78 is 63.9. The summed E-state index contributed by atoms with van der Waals surface area (Å²) >= 11 is 0.